The predicted molar refractivity (Wildman–Crippen MR) is 69.5 cm³/mol. The second-order valence-electron chi connectivity index (χ2n) is 3.73. The third-order valence-corrected chi connectivity index (χ3v) is 2.62. The number of hydrogen-bond acceptors (Lipinski definition) is 3. The van der Waals surface area contributed by atoms with Gasteiger partial charge in [0.15, 0.2) is 0 Å². The Morgan fingerprint density at radius 2 is 1.58 bits per heavy atom. The third-order valence-electron chi connectivity index (χ3n) is 2.62. The molecule has 0 saturated carbocycles. The number of benzene rings is 1. The van der Waals surface area contributed by atoms with Gasteiger partial charge in [-0.3, -0.25) is 0 Å². The number of nitrogens with zero attached hydrogens (tertiary/aromatic N) is 4. The van der Waals surface area contributed by atoms with Gasteiger partial charge in [-0.05, 0) is 18.2 Å². The highest BCUT2D eigenvalue weighted by molar-refractivity contribution is 5.84. The molecule has 2 aromatic rings. The highest BCUT2D eigenvalue weighted by Crippen LogP contribution is 2.20. The molecule has 1 heterocycles. The van der Waals surface area contributed by atoms with Crippen molar-refractivity contribution in [3.05, 3.63) is 59.9 Å². The summed E-state index contributed by atoms with van der Waals surface area (Å²) >= 11 is 0. The first-order valence-corrected chi connectivity index (χ1v) is 5.48. The molecule has 4 heteroatoms. The fraction of sp³-hybridized carbons (Fsp3) is 0. The van der Waals surface area contributed by atoms with Crippen molar-refractivity contribution in [2.75, 3.05) is 0 Å². The molecule has 0 N–H and O–H groups in total. The largest absolute Gasteiger partial charge is 0.323 e. The molecular formula is C15H8N4. The first kappa shape index (κ1) is 12.2. The molecule has 1 aromatic heterocycles. The van der Waals surface area contributed by atoms with Crippen molar-refractivity contribution in [2.24, 2.45) is 0 Å². The van der Waals surface area contributed by atoms with E-state index in [1.54, 1.807) is 30.6 Å². The Bertz CT molecular complexity index is 730. The van der Waals surface area contributed by atoms with Crippen LogP contribution in [0, 0.1) is 34.0 Å². The minimum Gasteiger partial charge on any atom is -0.323 e. The Labute approximate surface area is 110 Å². The van der Waals surface area contributed by atoms with Gasteiger partial charge in [-0.15, -0.1) is 0 Å². The number of hydrogen-bond donors (Lipinski definition) is 0. The van der Waals surface area contributed by atoms with Gasteiger partial charge in [0.2, 0.25) is 0 Å². The summed E-state index contributed by atoms with van der Waals surface area (Å²) in [7, 11) is 0. The maximum Gasteiger partial charge on any atom is 0.148 e. The average molecular weight is 244 g/mol. The molecule has 0 aliphatic carbocycles. The quantitative estimate of drug-likeness (QED) is 0.762. The lowest BCUT2D eigenvalue weighted by Crippen LogP contribution is -1.89. The third kappa shape index (κ3) is 2.36. The van der Waals surface area contributed by atoms with Gasteiger partial charge in [-0.2, -0.15) is 15.8 Å². The van der Waals surface area contributed by atoms with E-state index in [0.717, 1.165) is 5.69 Å². The van der Waals surface area contributed by atoms with E-state index in [4.69, 9.17) is 15.8 Å². The van der Waals surface area contributed by atoms with Crippen LogP contribution in [0.25, 0.3) is 11.3 Å². The predicted octanol–water partition coefficient (Wildman–Crippen LogP) is 2.80. The zero-order valence-electron chi connectivity index (χ0n) is 9.91. The molecule has 2 rings (SSSR count). The molecule has 19 heavy (non-hydrogen) atoms. The molecule has 0 bridgehead atoms. The number of aromatic nitrogens is 1. The smallest absolute Gasteiger partial charge is 0.148 e. The van der Waals surface area contributed by atoms with Gasteiger partial charge in [0.25, 0.3) is 0 Å². The summed E-state index contributed by atoms with van der Waals surface area (Å²) in [6.45, 7) is 0. The maximum absolute atomic E-state index is 9.07. The van der Waals surface area contributed by atoms with E-state index in [9.17, 15) is 0 Å². The van der Waals surface area contributed by atoms with Crippen LogP contribution in [0.5, 0.6) is 0 Å². The van der Waals surface area contributed by atoms with Crippen LogP contribution < -0.4 is 0 Å². The van der Waals surface area contributed by atoms with E-state index in [0.29, 0.717) is 5.56 Å². The Hall–Kier alpha value is -3.29. The molecule has 0 aliphatic heterocycles. The molecule has 88 valence electrons. The summed E-state index contributed by atoms with van der Waals surface area (Å²) in [5, 5.41) is 26.7. The van der Waals surface area contributed by atoms with E-state index in [1.165, 1.54) is 0 Å². The minimum absolute atomic E-state index is 0.0969. The zero-order chi connectivity index (χ0) is 13.7. The van der Waals surface area contributed by atoms with Crippen molar-refractivity contribution in [1.29, 1.82) is 15.8 Å². The molecule has 0 unspecified atom stereocenters. The molecule has 0 fully saturated rings. The van der Waals surface area contributed by atoms with Gasteiger partial charge >= 0.3 is 0 Å². The van der Waals surface area contributed by atoms with E-state index in [-0.39, 0.29) is 11.1 Å². The second-order valence-corrected chi connectivity index (χ2v) is 3.73. The average Bonchev–Trinajstić information content (AvgIpc) is 2.95. The van der Waals surface area contributed by atoms with Gasteiger partial charge in [-0.1, -0.05) is 18.2 Å². The summed E-state index contributed by atoms with van der Waals surface area (Å²) in [5.74, 6) is 0. The maximum atomic E-state index is 9.07. The summed E-state index contributed by atoms with van der Waals surface area (Å²) < 4.78 is 1.83. The van der Waals surface area contributed by atoms with Crippen LogP contribution in [0.15, 0.2) is 54.4 Å². The van der Waals surface area contributed by atoms with Gasteiger partial charge in [-0.25, -0.2) is 0 Å². The van der Waals surface area contributed by atoms with Crippen molar-refractivity contribution < 1.29 is 0 Å². The van der Waals surface area contributed by atoms with Gasteiger partial charge < -0.3 is 4.57 Å². The number of para-hydroxylation sites is 1. The minimum atomic E-state index is -0.173. The molecule has 1 aromatic carbocycles. The zero-order valence-corrected chi connectivity index (χ0v) is 9.91. The number of rotatable bonds is 2. The van der Waals surface area contributed by atoms with Crippen molar-refractivity contribution in [3.63, 3.8) is 0 Å². The first-order chi connectivity index (χ1) is 9.30. The van der Waals surface area contributed by atoms with Gasteiger partial charge in [0.1, 0.15) is 23.8 Å². The normalized spacial score (nSPS) is 8.89. The highest BCUT2D eigenvalue weighted by atomic mass is 14.9. The van der Waals surface area contributed by atoms with Crippen molar-refractivity contribution in [2.45, 2.75) is 0 Å². The Morgan fingerprint density at radius 3 is 2.16 bits per heavy atom. The first-order valence-electron chi connectivity index (χ1n) is 5.48. The van der Waals surface area contributed by atoms with Crippen LogP contribution in [-0.4, -0.2) is 4.57 Å². The standard InChI is InChI=1S/C15H8N4/c16-8-13(9-17)15(10-18)12-6-7-19(11-12)14-4-2-1-3-5-14/h1-7,11H. The van der Waals surface area contributed by atoms with E-state index >= 15 is 0 Å². The molecule has 0 aliphatic rings. The Balaban J connectivity index is 2.49. The summed E-state index contributed by atoms with van der Waals surface area (Å²) in [4.78, 5) is 0. The van der Waals surface area contributed by atoms with Gasteiger partial charge in [0, 0.05) is 23.6 Å². The van der Waals surface area contributed by atoms with Gasteiger partial charge in [0.05, 0.1) is 5.57 Å². The highest BCUT2D eigenvalue weighted by Gasteiger charge is 2.10. The molecule has 0 radical (unpaired) electrons. The molecule has 0 saturated heterocycles. The van der Waals surface area contributed by atoms with E-state index < -0.39 is 0 Å². The van der Waals surface area contributed by atoms with E-state index in [2.05, 4.69) is 0 Å². The van der Waals surface area contributed by atoms with Crippen molar-refractivity contribution >= 4 is 5.57 Å². The van der Waals surface area contributed by atoms with Crippen molar-refractivity contribution in [3.8, 4) is 23.9 Å². The molecule has 0 amide bonds. The lowest BCUT2D eigenvalue weighted by atomic mass is 10.1. The number of nitriles is 3. The summed E-state index contributed by atoms with van der Waals surface area (Å²) in [6, 6.07) is 16.7. The monoisotopic (exact) mass is 244 g/mol. The number of allylic oxidation sites excluding steroid dienone is 2. The molecule has 0 spiro atoms. The fourth-order valence-electron chi connectivity index (χ4n) is 1.71. The lowest BCUT2D eigenvalue weighted by molar-refractivity contribution is 1.08. The molecular weight excluding hydrogens is 236 g/mol. The van der Waals surface area contributed by atoms with Crippen LogP contribution in [0.2, 0.25) is 0 Å². The lowest BCUT2D eigenvalue weighted by Gasteiger charge is -2.01. The topological polar surface area (TPSA) is 76.3 Å². The van der Waals surface area contributed by atoms with Crippen molar-refractivity contribution in [1.82, 2.24) is 4.57 Å². The van der Waals surface area contributed by atoms with Crippen LogP contribution in [0.1, 0.15) is 5.56 Å². The summed E-state index contributed by atoms with van der Waals surface area (Å²) in [6.07, 6.45) is 3.51. The van der Waals surface area contributed by atoms with Crippen LogP contribution in [-0.2, 0) is 0 Å². The second kappa shape index (κ2) is 5.36. The molecule has 4 nitrogen and oxygen atoms in total. The summed E-state index contributed by atoms with van der Waals surface area (Å²) in [5.41, 5.74) is 1.43. The SMILES string of the molecule is N#CC(C#N)=C(C#N)c1ccn(-c2ccccc2)c1. The van der Waals surface area contributed by atoms with E-state index in [1.807, 2.05) is 41.0 Å². The fourth-order valence-corrected chi connectivity index (χ4v) is 1.71. The van der Waals surface area contributed by atoms with Crippen LogP contribution in [0.4, 0.5) is 0 Å². The molecule has 0 atom stereocenters. The van der Waals surface area contributed by atoms with Crippen LogP contribution in [0.3, 0.4) is 0 Å². The Morgan fingerprint density at radius 1 is 0.895 bits per heavy atom. The Kier molecular flexibility index (Phi) is 3.44. The van der Waals surface area contributed by atoms with Crippen LogP contribution >= 0.6 is 0 Å².